The van der Waals surface area contributed by atoms with Gasteiger partial charge >= 0.3 is 39.6 Å². The molecule has 2 amide bonds. The van der Waals surface area contributed by atoms with Gasteiger partial charge in [-0.1, -0.05) is 27.2 Å². The Morgan fingerprint density at radius 3 is 2.18 bits per heavy atom. The fourth-order valence-electron chi connectivity index (χ4n) is 2.42. The molecule has 0 aromatic carbocycles. The molecular formula is C13H25N2NaO5Si. The summed E-state index contributed by atoms with van der Waals surface area (Å²) in [6.45, 7) is 5.62. The van der Waals surface area contributed by atoms with Gasteiger partial charge in [0.2, 0.25) is 5.91 Å². The molecule has 2 unspecified atom stereocenters. The monoisotopic (exact) mass is 340 g/mol. The fraction of sp³-hybridized carbons (Fsp3) is 0.769. The van der Waals surface area contributed by atoms with Crippen LogP contribution in [0, 0.1) is 11.3 Å². The number of carbonyl (C=O) groups is 2. The maximum absolute atomic E-state index is 11.9. The molecule has 0 aromatic heterocycles. The summed E-state index contributed by atoms with van der Waals surface area (Å²) in [5, 5.41) is 13.1. The van der Waals surface area contributed by atoms with Crippen LogP contribution in [-0.2, 0) is 18.4 Å². The Morgan fingerprint density at radius 1 is 1.32 bits per heavy atom. The minimum Gasteiger partial charge on any atom is -0.846 e. The number of amidine groups is 1. The van der Waals surface area contributed by atoms with Crippen molar-refractivity contribution in [3.05, 3.63) is 0 Å². The molecule has 0 radical (unpaired) electrons. The molecule has 22 heavy (non-hydrogen) atoms. The van der Waals surface area contributed by atoms with Crippen LogP contribution in [0.1, 0.15) is 40.0 Å². The van der Waals surface area contributed by atoms with Gasteiger partial charge in [0.05, 0.1) is 6.02 Å². The molecule has 1 rings (SSSR count). The van der Waals surface area contributed by atoms with Crippen molar-refractivity contribution in [1.82, 2.24) is 5.32 Å². The molecule has 0 bridgehead atoms. The van der Waals surface area contributed by atoms with Crippen molar-refractivity contribution < 1.29 is 53.1 Å². The number of aliphatic imine (C=N–C) groups is 1. The minimum atomic E-state index is -1.15. The van der Waals surface area contributed by atoms with E-state index in [1.807, 2.05) is 13.8 Å². The van der Waals surface area contributed by atoms with E-state index in [4.69, 9.17) is 0 Å². The van der Waals surface area contributed by atoms with Crippen LogP contribution in [0.2, 0.25) is 0 Å². The number of nitrogens with one attached hydrogen (secondary N) is 1. The maximum atomic E-state index is 11.9. The largest absolute Gasteiger partial charge is 1.00 e. The zero-order chi connectivity index (χ0) is 16.5. The molecule has 1 heterocycles. The maximum Gasteiger partial charge on any atom is 1.00 e. The van der Waals surface area contributed by atoms with Crippen molar-refractivity contribution in [2.75, 3.05) is 14.2 Å². The molecule has 7 nitrogen and oxygen atoms in total. The Hall–Kier alpha value is -0.253. The van der Waals surface area contributed by atoms with Crippen LogP contribution < -0.4 is 40.0 Å². The van der Waals surface area contributed by atoms with E-state index in [-0.39, 0.29) is 35.5 Å². The first-order valence-electron chi connectivity index (χ1n) is 7.00. The molecule has 2 atom stereocenters. The fourth-order valence-corrected chi connectivity index (χ4v) is 2.65. The molecular weight excluding hydrogens is 315 g/mol. The topological polar surface area (TPSA) is 100 Å². The van der Waals surface area contributed by atoms with Gasteiger partial charge in [-0.05, 0) is 18.8 Å². The number of hydrogen-bond acceptors (Lipinski definition) is 5. The number of nitrogens with zero attached hydrogens (tertiary/aromatic N) is 1. The third-order valence-corrected chi connectivity index (χ3v) is 4.04. The summed E-state index contributed by atoms with van der Waals surface area (Å²) in [6, 6.07) is -0.845. The predicted molar refractivity (Wildman–Crippen MR) is 79.9 cm³/mol. The molecule has 1 aliphatic heterocycles. The first-order valence-corrected chi connectivity index (χ1v) is 8.15. The Bertz CT molecular complexity index is 393. The molecule has 0 aliphatic carbocycles. The summed E-state index contributed by atoms with van der Waals surface area (Å²) in [7, 11) is 2.73. The van der Waals surface area contributed by atoms with Crippen LogP contribution in [0.5, 0.6) is 0 Å². The summed E-state index contributed by atoms with van der Waals surface area (Å²) in [6.07, 6.45) is 2.02. The van der Waals surface area contributed by atoms with E-state index in [0.29, 0.717) is 6.42 Å². The molecule has 0 spiro atoms. The van der Waals surface area contributed by atoms with Crippen molar-refractivity contribution >= 4 is 27.8 Å². The molecule has 122 valence electrons. The zero-order valence-corrected chi connectivity index (χ0v) is 17.8. The van der Waals surface area contributed by atoms with Gasteiger partial charge in [-0.15, -0.1) is 0 Å². The van der Waals surface area contributed by atoms with Crippen molar-refractivity contribution in [3.8, 4) is 0 Å². The molecule has 1 aliphatic rings. The third-order valence-electron chi connectivity index (χ3n) is 3.57. The van der Waals surface area contributed by atoms with Crippen LogP contribution in [0.15, 0.2) is 4.99 Å². The van der Waals surface area contributed by atoms with E-state index in [9.17, 15) is 14.7 Å². The normalized spacial score (nSPS) is 21.8. The standard InChI is InChI=1S/C11H18N2O3.C2H8O2Si.Na/c1-4-6-7(3)11(5-2)8(14)12-10(16)13-9(11)15;1-3-5-4-2;/h7H,4-6H2,1-3H3,(H2,12,13,14,15,16);5H2,1-2H3;/q;;+1/p-1. The summed E-state index contributed by atoms with van der Waals surface area (Å²) >= 11 is 0. The second-order valence-electron chi connectivity index (χ2n) is 4.89. The first-order chi connectivity index (χ1) is 9.90. The Kier molecular flexibility index (Phi) is 13.3. The van der Waals surface area contributed by atoms with Crippen LogP contribution in [-0.4, -0.2) is 42.1 Å². The molecule has 0 saturated heterocycles. The number of amides is 2. The first kappa shape index (κ1) is 24.0. The van der Waals surface area contributed by atoms with Crippen LogP contribution >= 0.6 is 0 Å². The van der Waals surface area contributed by atoms with Crippen LogP contribution in [0.3, 0.4) is 0 Å². The van der Waals surface area contributed by atoms with Crippen molar-refractivity contribution in [3.63, 3.8) is 0 Å². The molecule has 0 aromatic rings. The van der Waals surface area contributed by atoms with E-state index in [0.717, 1.165) is 12.8 Å². The van der Waals surface area contributed by atoms with E-state index in [1.165, 1.54) is 0 Å². The third kappa shape index (κ3) is 6.09. The summed E-state index contributed by atoms with van der Waals surface area (Å²) in [5.41, 5.74) is -1.15. The average Bonchev–Trinajstić information content (AvgIpc) is 2.40. The Balaban J connectivity index is 0. The van der Waals surface area contributed by atoms with Gasteiger partial charge in [-0.2, -0.15) is 0 Å². The Morgan fingerprint density at radius 2 is 1.86 bits per heavy atom. The summed E-state index contributed by atoms with van der Waals surface area (Å²) < 4.78 is 9.22. The van der Waals surface area contributed by atoms with Crippen LogP contribution in [0.25, 0.3) is 0 Å². The van der Waals surface area contributed by atoms with Gasteiger partial charge in [0.15, 0.2) is 0 Å². The number of rotatable bonds is 6. The smallest absolute Gasteiger partial charge is 0.846 e. The van der Waals surface area contributed by atoms with Gasteiger partial charge in [0.25, 0.3) is 5.91 Å². The van der Waals surface area contributed by atoms with Crippen molar-refractivity contribution in [2.24, 2.45) is 16.3 Å². The SMILES string of the molecule is CCCC(C)C1(CC)C(=O)N=C([O-])NC1=O.CO[SiH2]OC.[Na+]. The molecule has 1 N–H and O–H groups in total. The Labute approximate surface area is 156 Å². The van der Waals surface area contributed by atoms with Gasteiger partial charge < -0.3 is 19.3 Å². The minimum absolute atomic E-state index is 0. The quantitative estimate of drug-likeness (QED) is 0.399. The van der Waals surface area contributed by atoms with Gasteiger partial charge in [-0.3, -0.25) is 9.59 Å². The van der Waals surface area contributed by atoms with E-state index in [1.54, 1.807) is 21.1 Å². The van der Waals surface area contributed by atoms with Gasteiger partial charge in [0.1, 0.15) is 5.41 Å². The molecule has 0 fully saturated rings. The van der Waals surface area contributed by atoms with Gasteiger partial charge in [0, 0.05) is 14.2 Å². The molecule has 0 saturated carbocycles. The summed E-state index contributed by atoms with van der Waals surface area (Å²) in [5.74, 6) is -1.20. The number of carbonyl (C=O) groups excluding carboxylic acids is 2. The van der Waals surface area contributed by atoms with Crippen molar-refractivity contribution in [2.45, 2.75) is 40.0 Å². The second kappa shape index (κ2) is 12.2. The van der Waals surface area contributed by atoms with Crippen molar-refractivity contribution in [1.29, 1.82) is 0 Å². The average molecular weight is 340 g/mol. The molecule has 9 heteroatoms. The number of hydrogen-bond donors (Lipinski definition) is 1. The van der Waals surface area contributed by atoms with E-state index >= 15 is 0 Å². The van der Waals surface area contributed by atoms with E-state index < -0.39 is 33.3 Å². The summed E-state index contributed by atoms with van der Waals surface area (Å²) in [4.78, 5) is 27.1. The predicted octanol–water partition coefficient (Wildman–Crippen LogP) is -3.53. The second-order valence-corrected chi connectivity index (χ2v) is 6.28. The van der Waals surface area contributed by atoms with E-state index in [2.05, 4.69) is 19.2 Å². The zero-order valence-electron chi connectivity index (χ0n) is 14.4. The van der Waals surface area contributed by atoms with Gasteiger partial charge in [-0.25, -0.2) is 4.99 Å². The van der Waals surface area contributed by atoms with Crippen LogP contribution in [0.4, 0.5) is 0 Å².